The summed E-state index contributed by atoms with van der Waals surface area (Å²) < 4.78 is 32.9. The largest absolute Gasteiger partial charge is 0.474 e. The topological polar surface area (TPSA) is 174 Å². The average molecular weight is 859 g/mol. The standard InChI is InChI=1S/C29H46O6.C10H20N2O3.C3H8.C2H6O.C2H6.CH4O/c1-6-27-25(19-33-29-9-7-8-23(5)34-29)17-21(3)10-12-26(31)22(4)18-24(14-15-30)16-20(2)11-13-28(32)35-27;1-6-10(15-7(2)11)8(12(3)4)5-9(13)14-6;2*1-3-2;2*1-2/h10,12,15,17,20,22-25,27,29H,6-9,11,13-14,16,18-19H2,1-5H3;6,8-11,13H,5H2,1-4H3;3H2,1-2H3;1-2H3;1-2H3;2H,1H3/b12-10+,21-17+;;;;;/t20-,22+,23+,24+,25+,27+,29+;6-,8-,9-,10-;;;;/m01..../s1. The molecule has 13 nitrogen and oxygen atoms in total. The molecule has 3 N–H and O–H groups in total. The van der Waals surface area contributed by atoms with Crippen LogP contribution in [0, 0.1) is 29.1 Å². The molecule has 3 aliphatic rings. The molecular weight excluding hydrogens is 769 g/mol. The van der Waals surface area contributed by atoms with Crippen molar-refractivity contribution < 1.29 is 53.0 Å². The molecular formula is C47H90N2O11. The van der Waals surface area contributed by atoms with Gasteiger partial charge < -0.3 is 48.3 Å². The summed E-state index contributed by atoms with van der Waals surface area (Å²) in [4.78, 5) is 38.7. The third-order valence-electron chi connectivity index (χ3n) is 9.87. The van der Waals surface area contributed by atoms with Gasteiger partial charge in [0.25, 0.3) is 0 Å². The van der Waals surface area contributed by atoms with Crippen LogP contribution in [-0.2, 0) is 42.8 Å². The Morgan fingerprint density at radius 1 is 0.967 bits per heavy atom. The number of methoxy groups -OCH3 is 1. The van der Waals surface area contributed by atoms with Gasteiger partial charge in [-0.2, -0.15) is 0 Å². The highest BCUT2D eigenvalue weighted by atomic mass is 16.7. The van der Waals surface area contributed by atoms with Gasteiger partial charge in [-0.05, 0) is 97.7 Å². The fourth-order valence-corrected chi connectivity index (χ4v) is 7.05. The first kappa shape index (κ1) is 61.8. The van der Waals surface area contributed by atoms with Gasteiger partial charge in [0.1, 0.15) is 18.5 Å². The minimum atomic E-state index is -0.738. The molecule has 2 fully saturated rings. The van der Waals surface area contributed by atoms with Crippen molar-refractivity contribution in [2.24, 2.45) is 23.7 Å². The predicted molar refractivity (Wildman–Crippen MR) is 242 cm³/mol. The SMILES string of the molecule is CC.CC(=N)O[C@H]1[C@H](N(C)C)C[C@H](O)O[C@@H]1C.CCC.CC[C@H]1OC(=O)CC[C@H](C)C[C@@H](CC=O)C[C@@H](C)C(=O)/C=C/C(C)=C/[C@@H]1CO[C@H]1CCC[C@@H](C)O1.CO.COC. The van der Waals surface area contributed by atoms with Gasteiger partial charge in [-0.3, -0.25) is 15.0 Å². The lowest BCUT2D eigenvalue weighted by atomic mass is 9.83. The molecule has 0 aromatic heterocycles. The number of cyclic esters (lactones) is 1. The predicted octanol–water partition coefficient (Wildman–Crippen LogP) is 8.72. The lowest BCUT2D eigenvalue weighted by Crippen LogP contribution is -2.54. The van der Waals surface area contributed by atoms with Crippen LogP contribution >= 0.6 is 0 Å². The lowest BCUT2D eigenvalue weighted by Gasteiger charge is -2.41. The Morgan fingerprint density at radius 3 is 2.08 bits per heavy atom. The van der Waals surface area contributed by atoms with E-state index in [1.807, 2.05) is 72.7 Å². The summed E-state index contributed by atoms with van der Waals surface area (Å²) in [6, 6.07) is 0.0732. The average Bonchev–Trinajstić information content (AvgIpc) is 3.19. The summed E-state index contributed by atoms with van der Waals surface area (Å²) >= 11 is 0. The number of nitrogens with zero attached hydrogens (tertiary/aromatic N) is 1. The molecule has 2 saturated heterocycles. The Labute approximate surface area is 365 Å². The monoisotopic (exact) mass is 859 g/mol. The molecule has 3 rings (SSSR count). The molecule has 0 saturated carbocycles. The summed E-state index contributed by atoms with van der Waals surface area (Å²) in [7, 11) is 8.12. The molecule has 0 aromatic carbocycles. The van der Waals surface area contributed by atoms with Gasteiger partial charge in [0.2, 0.25) is 0 Å². The van der Waals surface area contributed by atoms with Crippen LogP contribution in [0.15, 0.2) is 23.8 Å². The lowest BCUT2D eigenvalue weighted by molar-refractivity contribution is -0.209. The maximum absolute atomic E-state index is 12.8. The minimum absolute atomic E-state index is 0.0732. The molecule has 60 heavy (non-hydrogen) atoms. The second kappa shape index (κ2) is 38.2. The third-order valence-corrected chi connectivity index (χ3v) is 9.87. The number of likely N-dealkylation sites (N-methyl/N-ethyl adjacent to an activating group) is 1. The van der Waals surface area contributed by atoms with E-state index in [9.17, 15) is 19.5 Å². The van der Waals surface area contributed by atoms with Crippen LogP contribution in [-0.4, -0.2) is 124 Å². The number of esters is 1. The minimum Gasteiger partial charge on any atom is -0.474 e. The van der Waals surface area contributed by atoms with E-state index >= 15 is 0 Å². The van der Waals surface area contributed by atoms with Gasteiger partial charge >= 0.3 is 5.97 Å². The second-order valence-corrected chi connectivity index (χ2v) is 16.0. The van der Waals surface area contributed by atoms with Crippen molar-refractivity contribution in [2.75, 3.05) is 42.0 Å². The van der Waals surface area contributed by atoms with Gasteiger partial charge in [-0.1, -0.05) is 72.6 Å². The number of aldehydes is 1. The first-order chi connectivity index (χ1) is 28.5. The molecule has 13 heteroatoms. The zero-order valence-electron chi connectivity index (χ0n) is 40.7. The maximum atomic E-state index is 12.8. The van der Waals surface area contributed by atoms with Crippen LogP contribution in [0.3, 0.4) is 0 Å². The van der Waals surface area contributed by atoms with Gasteiger partial charge in [0.05, 0.1) is 24.9 Å². The number of nitrogens with one attached hydrogen (secondary N) is 1. The highest BCUT2D eigenvalue weighted by Gasteiger charge is 2.38. The number of rotatable bonds is 8. The summed E-state index contributed by atoms with van der Waals surface area (Å²) in [6.07, 6.45) is 13.4. The molecule has 0 aliphatic carbocycles. The third kappa shape index (κ3) is 28.9. The fraction of sp³-hybridized carbons (Fsp3) is 0.830. The van der Waals surface area contributed by atoms with Crippen LogP contribution in [0.5, 0.6) is 0 Å². The van der Waals surface area contributed by atoms with Crippen LogP contribution < -0.4 is 0 Å². The van der Waals surface area contributed by atoms with Crippen molar-refractivity contribution in [1.82, 2.24) is 4.90 Å². The molecule has 0 radical (unpaired) electrons. The molecule has 3 aliphatic heterocycles. The van der Waals surface area contributed by atoms with E-state index in [1.165, 1.54) is 6.42 Å². The van der Waals surface area contributed by atoms with Crippen LogP contribution in [0.2, 0.25) is 0 Å². The maximum Gasteiger partial charge on any atom is 0.306 e. The highest BCUT2D eigenvalue weighted by Crippen LogP contribution is 2.28. The normalized spacial score (nSPS) is 31.3. The smallest absolute Gasteiger partial charge is 0.306 e. The number of carbonyl (C=O) groups is 3. The van der Waals surface area contributed by atoms with Crippen molar-refractivity contribution >= 4 is 23.9 Å². The Bertz CT molecular complexity index is 1160. The number of ketones is 1. The first-order valence-corrected chi connectivity index (χ1v) is 22.3. The van der Waals surface area contributed by atoms with Gasteiger partial charge in [0.15, 0.2) is 24.3 Å². The van der Waals surface area contributed by atoms with Crippen LogP contribution in [0.1, 0.15) is 147 Å². The zero-order chi connectivity index (χ0) is 46.8. The summed E-state index contributed by atoms with van der Waals surface area (Å²) in [5.41, 5.74) is 0.928. The van der Waals surface area contributed by atoms with Crippen molar-refractivity contribution in [3.05, 3.63) is 23.8 Å². The molecule has 0 unspecified atom stereocenters. The zero-order valence-corrected chi connectivity index (χ0v) is 40.7. The van der Waals surface area contributed by atoms with Gasteiger partial charge in [-0.25, -0.2) is 0 Å². The molecule has 0 aromatic rings. The number of hydrogen-bond acceptors (Lipinski definition) is 13. The quantitative estimate of drug-likeness (QED) is 0.0918. The van der Waals surface area contributed by atoms with Gasteiger partial charge in [-0.15, -0.1) is 0 Å². The molecule has 3 heterocycles. The highest BCUT2D eigenvalue weighted by molar-refractivity contribution is 5.91. The Morgan fingerprint density at radius 2 is 1.57 bits per heavy atom. The summed E-state index contributed by atoms with van der Waals surface area (Å²) in [5.74, 6) is 0.185. The molecule has 0 bridgehead atoms. The Hall–Kier alpha value is -2.52. The summed E-state index contributed by atoms with van der Waals surface area (Å²) in [6.45, 7) is 22.2. The van der Waals surface area contributed by atoms with E-state index in [-0.39, 0.29) is 78.1 Å². The fourth-order valence-electron chi connectivity index (χ4n) is 7.05. The molecule has 11 atom stereocenters. The van der Waals surface area contributed by atoms with E-state index in [0.717, 1.165) is 44.7 Å². The number of aliphatic hydroxyl groups is 2. The van der Waals surface area contributed by atoms with E-state index in [1.54, 1.807) is 27.2 Å². The van der Waals surface area contributed by atoms with Crippen LogP contribution in [0.25, 0.3) is 0 Å². The number of aliphatic hydroxyl groups excluding tert-OH is 2. The van der Waals surface area contributed by atoms with E-state index in [0.29, 0.717) is 45.1 Å². The molecule has 354 valence electrons. The second-order valence-electron chi connectivity index (χ2n) is 16.0. The number of allylic oxidation sites excluding steroid dienone is 3. The van der Waals surface area contributed by atoms with Crippen molar-refractivity contribution in [3.63, 3.8) is 0 Å². The van der Waals surface area contributed by atoms with Crippen molar-refractivity contribution in [2.45, 2.75) is 190 Å². The number of ether oxygens (including phenoxy) is 6. The van der Waals surface area contributed by atoms with Gasteiger partial charge in [0, 0.05) is 59.4 Å². The molecule has 0 amide bonds. The summed E-state index contributed by atoms with van der Waals surface area (Å²) in [5, 5.41) is 23.8. The number of hydrogen-bond donors (Lipinski definition) is 3. The Balaban J connectivity index is -0.00000107. The van der Waals surface area contributed by atoms with Crippen molar-refractivity contribution in [1.29, 1.82) is 5.41 Å². The molecule has 0 spiro atoms. The van der Waals surface area contributed by atoms with E-state index in [2.05, 4.69) is 32.4 Å². The Kier molecular flexibility index (Phi) is 39.3. The first-order valence-electron chi connectivity index (χ1n) is 22.3. The van der Waals surface area contributed by atoms with E-state index < -0.39 is 6.29 Å². The van der Waals surface area contributed by atoms with Crippen molar-refractivity contribution in [3.8, 4) is 0 Å². The van der Waals surface area contributed by atoms with E-state index in [4.69, 9.17) is 34.2 Å². The number of carbonyl (C=O) groups excluding carboxylic acids is 3. The van der Waals surface area contributed by atoms with Crippen LogP contribution in [0.4, 0.5) is 0 Å².